The van der Waals surface area contributed by atoms with Gasteiger partial charge in [0.05, 0.1) is 18.7 Å². The van der Waals surface area contributed by atoms with Crippen molar-refractivity contribution in [2.75, 3.05) is 12.8 Å². The van der Waals surface area contributed by atoms with Gasteiger partial charge in [-0.05, 0) is 36.8 Å². The van der Waals surface area contributed by atoms with Crippen LogP contribution in [0.5, 0.6) is 5.75 Å². The summed E-state index contributed by atoms with van der Waals surface area (Å²) in [6.45, 7) is 1.89. The Hall–Kier alpha value is -2.56. The second-order valence-corrected chi connectivity index (χ2v) is 4.43. The summed E-state index contributed by atoms with van der Waals surface area (Å²) in [5.74, 6) is 0.358. The number of ether oxygens (including phenoxy) is 1. The molecule has 0 aliphatic heterocycles. The Morgan fingerprint density at radius 3 is 2.85 bits per heavy atom. The number of nitrogens with one attached hydrogen (secondary N) is 1. The van der Waals surface area contributed by atoms with E-state index in [0.29, 0.717) is 17.0 Å². The number of amides is 1. The zero-order valence-electron chi connectivity index (χ0n) is 11.5. The third-order valence-electron chi connectivity index (χ3n) is 3.04. The fourth-order valence-electron chi connectivity index (χ4n) is 1.85. The van der Waals surface area contributed by atoms with E-state index < -0.39 is 0 Å². The van der Waals surface area contributed by atoms with Crippen molar-refractivity contribution in [1.82, 2.24) is 10.3 Å². The first-order valence-electron chi connectivity index (χ1n) is 6.26. The SMILES string of the molecule is COc1ccc(N)c(C(=O)NC(C)c2cccnc2)c1. The monoisotopic (exact) mass is 271 g/mol. The molecule has 1 amide bonds. The first-order chi connectivity index (χ1) is 9.61. The molecule has 1 atom stereocenters. The number of carbonyl (C=O) groups is 1. The van der Waals surface area contributed by atoms with Crippen LogP contribution in [0.3, 0.4) is 0 Å². The Bertz CT molecular complexity index is 599. The number of carbonyl (C=O) groups excluding carboxylic acids is 1. The lowest BCUT2D eigenvalue weighted by atomic mass is 10.1. The van der Waals surface area contributed by atoms with Crippen LogP contribution >= 0.6 is 0 Å². The van der Waals surface area contributed by atoms with Gasteiger partial charge in [-0.1, -0.05) is 6.07 Å². The standard InChI is InChI=1S/C15H17N3O2/c1-10(11-4-3-7-17-9-11)18-15(19)13-8-12(20-2)5-6-14(13)16/h3-10H,16H2,1-2H3,(H,18,19). The van der Waals surface area contributed by atoms with Crippen LogP contribution < -0.4 is 15.8 Å². The van der Waals surface area contributed by atoms with Gasteiger partial charge in [0.15, 0.2) is 0 Å². The summed E-state index contributed by atoms with van der Waals surface area (Å²) >= 11 is 0. The van der Waals surface area contributed by atoms with Crippen LogP contribution in [0.1, 0.15) is 28.9 Å². The summed E-state index contributed by atoms with van der Waals surface area (Å²) in [6, 6.07) is 8.59. The minimum atomic E-state index is -0.238. The maximum atomic E-state index is 12.3. The van der Waals surface area contributed by atoms with E-state index in [1.54, 1.807) is 37.7 Å². The molecule has 1 heterocycles. The minimum Gasteiger partial charge on any atom is -0.497 e. The lowest BCUT2D eigenvalue weighted by Gasteiger charge is -2.15. The van der Waals surface area contributed by atoms with Crippen molar-refractivity contribution in [3.63, 3.8) is 0 Å². The molecule has 0 aliphatic rings. The number of benzene rings is 1. The van der Waals surface area contributed by atoms with E-state index in [-0.39, 0.29) is 11.9 Å². The van der Waals surface area contributed by atoms with E-state index in [4.69, 9.17) is 10.5 Å². The average molecular weight is 271 g/mol. The predicted octanol–water partition coefficient (Wildman–Crippen LogP) is 2.16. The smallest absolute Gasteiger partial charge is 0.253 e. The molecule has 2 aromatic rings. The highest BCUT2D eigenvalue weighted by atomic mass is 16.5. The summed E-state index contributed by atoms with van der Waals surface area (Å²) in [7, 11) is 1.55. The third-order valence-corrected chi connectivity index (χ3v) is 3.04. The number of rotatable bonds is 4. The maximum absolute atomic E-state index is 12.3. The van der Waals surface area contributed by atoms with E-state index in [2.05, 4.69) is 10.3 Å². The number of aromatic nitrogens is 1. The van der Waals surface area contributed by atoms with Crippen molar-refractivity contribution in [2.24, 2.45) is 0 Å². The zero-order valence-corrected chi connectivity index (χ0v) is 11.5. The Balaban J connectivity index is 2.16. The molecule has 0 fully saturated rings. The highest BCUT2D eigenvalue weighted by molar-refractivity contribution is 5.99. The van der Waals surface area contributed by atoms with Crippen molar-refractivity contribution in [3.05, 3.63) is 53.9 Å². The Morgan fingerprint density at radius 2 is 2.20 bits per heavy atom. The summed E-state index contributed by atoms with van der Waals surface area (Å²) in [5, 5.41) is 2.89. The van der Waals surface area contributed by atoms with Gasteiger partial charge in [-0.2, -0.15) is 0 Å². The number of nitrogen functional groups attached to an aromatic ring is 1. The van der Waals surface area contributed by atoms with E-state index >= 15 is 0 Å². The molecule has 104 valence electrons. The molecule has 5 nitrogen and oxygen atoms in total. The Kier molecular flexibility index (Phi) is 4.20. The molecule has 0 spiro atoms. The highest BCUT2D eigenvalue weighted by Crippen LogP contribution is 2.20. The second kappa shape index (κ2) is 6.06. The fourth-order valence-corrected chi connectivity index (χ4v) is 1.85. The quantitative estimate of drug-likeness (QED) is 0.835. The van der Waals surface area contributed by atoms with E-state index in [9.17, 15) is 4.79 Å². The molecular weight excluding hydrogens is 254 g/mol. The van der Waals surface area contributed by atoms with Crippen LogP contribution in [0.4, 0.5) is 5.69 Å². The molecule has 1 unspecified atom stereocenters. The molecule has 3 N–H and O–H groups in total. The maximum Gasteiger partial charge on any atom is 0.253 e. The van der Waals surface area contributed by atoms with Gasteiger partial charge < -0.3 is 15.8 Å². The summed E-state index contributed by atoms with van der Waals surface area (Å²) in [5.41, 5.74) is 7.58. The molecule has 0 saturated heterocycles. The highest BCUT2D eigenvalue weighted by Gasteiger charge is 2.14. The number of anilines is 1. The van der Waals surface area contributed by atoms with E-state index in [0.717, 1.165) is 5.56 Å². The molecule has 0 radical (unpaired) electrons. The van der Waals surface area contributed by atoms with Gasteiger partial charge in [-0.15, -0.1) is 0 Å². The largest absolute Gasteiger partial charge is 0.497 e. The molecule has 1 aromatic heterocycles. The number of nitrogens with two attached hydrogens (primary N) is 1. The van der Waals surface area contributed by atoms with Crippen LogP contribution in [0, 0.1) is 0 Å². The molecule has 1 aromatic carbocycles. The average Bonchev–Trinajstić information content (AvgIpc) is 2.48. The molecule has 20 heavy (non-hydrogen) atoms. The molecular formula is C15H17N3O2. The van der Waals surface area contributed by atoms with Crippen LogP contribution in [-0.2, 0) is 0 Å². The first-order valence-corrected chi connectivity index (χ1v) is 6.26. The Morgan fingerprint density at radius 1 is 1.40 bits per heavy atom. The van der Waals surface area contributed by atoms with Crippen LogP contribution in [0.2, 0.25) is 0 Å². The van der Waals surface area contributed by atoms with E-state index in [1.807, 2.05) is 19.1 Å². The second-order valence-electron chi connectivity index (χ2n) is 4.43. The fraction of sp³-hybridized carbons (Fsp3) is 0.200. The number of hydrogen-bond acceptors (Lipinski definition) is 4. The van der Waals surface area contributed by atoms with Crippen molar-refractivity contribution >= 4 is 11.6 Å². The Labute approximate surface area is 117 Å². The minimum absolute atomic E-state index is 0.151. The molecule has 0 bridgehead atoms. The van der Waals surface area contributed by atoms with Crippen LogP contribution in [0.15, 0.2) is 42.7 Å². The van der Waals surface area contributed by atoms with Gasteiger partial charge in [0.2, 0.25) is 0 Å². The van der Waals surface area contributed by atoms with Gasteiger partial charge in [0.1, 0.15) is 5.75 Å². The number of methoxy groups -OCH3 is 1. The summed E-state index contributed by atoms with van der Waals surface area (Å²) in [6.07, 6.45) is 3.41. The van der Waals surface area contributed by atoms with Crippen molar-refractivity contribution in [3.8, 4) is 5.75 Å². The molecule has 0 aliphatic carbocycles. The summed E-state index contributed by atoms with van der Waals surface area (Å²) < 4.78 is 5.10. The van der Waals surface area contributed by atoms with Gasteiger partial charge in [0, 0.05) is 18.1 Å². The van der Waals surface area contributed by atoms with Crippen molar-refractivity contribution in [2.45, 2.75) is 13.0 Å². The van der Waals surface area contributed by atoms with Gasteiger partial charge in [0.25, 0.3) is 5.91 Å². The van der Waals surface area contributed by atoms with E-state index in [1.165, 1.54) is 0 Å². The third kappa shape index (κ3) is 3.06. The number of nitrogens with zero attached hydrogens (tertiary/aromatic N) is 1. The topological polar surface area (TPSA) is 77.2 Å². The van der Waals surface area contributed by atoms with Crippen LogP contribution in [-0.4, -0.2) is 18.0 Å². The van der Waals surface area contributed by atoms with Crippen molar-refractivity contribution < 1.29 is 9.53 Å². The zero-order chi connectivity index (χ0) is 14.5. The lowest BCUT2D eigenvalue weighted by Crippen LogP contribution is -2.27. The molecule has 5 heteroatoms. The van der Waals surface area contributed by atoms with Gasteiger partial charge in [-0.3, -0.25) is 9.78 Å². The molecule has 0 saturated carbocycles. The predicted molar refractivity (Wildman–Crippen MR) is 77.5 cm³/mol. The van der Waals surface area contributed by atoms with Crippen molar-refractivity contribution in [1.29, 1.82) is 0 Å². The van der Waals surface area contributed by atoms with Gasteiger partial charge in [-0.25, -0.2) is 0 Å². The lowest BCUT2D eigenvalue weighted by molar-refractivity contribution is 0.0940. The summed E-state index contributed by atoms with van der Waals surface area (Å²) in [4.78, 5) is 16.3. The van der Waals surface area contributed by atoms with Gasteiger partial charge >= 0.3 is 0 Å². The normalized spacial score (nSPS) is 11.7. The number of pyridine rings is 1. The molecule has 2 rings (SSSR count). The first kappa shape index (κ1) is 13.9. The van der Waals surface area contributed by atoms with Crippen LogP contribution in [0.25, 0.3) is 0 Å². The number of hydrogen-bond donors (Lipinski definition) is 2.